The molecular weight excluding hydrogens is 421 g/mol. The summed E-state index contributed by atoms with van der Waals surface area (Å²) in [5.74, 6) is -3.44. The van der Waals surface area contributed by atoms with Gasteiger partial charge < -0.3 is 4.74 Å². The molecule has 0 atom stereocenters. The third-order valence-corrected chi connectivity index (χ3v) is 4.77. The standard InChI is InChI=1S/C18H15F7N4O/c1-10(11-4-5-13-27-28-15(17(20,21)22)29(13)9-11)8-12(19)14(26-2)30-16(6-3-7-16)18(23,24)25/h4-5,8-9H,2-3,6-7H2,1H3/b10-8+,14-12-. The molecule has 0 radical (unpaired) electrons. The Balaban J connectivity index is 1.95. The highest BCUT2D eigenvalue weighted by atomic mass is 19.4. The first kappa shape index (κ1) is 21.8. The number of allylic oxidation sites excluding steroid dienone is 3. The zero-order valence-electron chi connectivity index (χ0n) is 15.5. The van der Waals surface area contributed by atoms with Crippen molar-refractivity contribution in [1.29, 1.82) is 0 Å². The minimum atomic E-state index is -4.76. The number of pyridine rings is 1. The summed E-state index contributed by atoms with van der Waals surface area (Å²) in [5, 5.41) is 6.49. The Bertz CT molecular complexity index is 1030. The van der Waals surface area contributed by atoms with Crippen molar-refractivity contribution in [1.82, 2.24) is 14.6 Å². The fraction of sp³-hybridized carbons (Fsp3) is 0.389. The summed E-state index contributed by atoms with van der Waals surface area (Å²) in [7, 11) is 0. The van der Waals surface area contributed by atoms with Crippen molar-refractivity contribution in [3.05, 3.63) is 47.5 Å². The lowest BCUT2D eigenvalue weighted by atomic mass is 9.79. The molecule has 0 bridgehead atoms. The van der Waals surface area contributed by atoms with Gasteiger partial charge in [0.05, 0.1) is 0 Å². The number of fused-ring (bicyclic) bond motifs is 1. The highest BCUT2D eigenvalue weighted by Gasteiger charge is 2.61. The van der Waals surface area contributed by atoms with Crippen LogP contribution in [-0.4, -0.2) is 33.1 Å². The predicted octanol–water partition coefficient (Wildman–Crippen LogP) is 5.49. The third-order valence-electron chi connectivity index (χ3n) is 4.77. The first-order valence-corrected chi connectivity index (χ1v) is 8.61. The molecule has 1 aliphatic rings. The van der Waals surface area contributed by atoms with Gasteiger partial charge in [0.25, 0.3) is 5.88 Å². The molecule has 1 fully saturated rings. The Morgan fingerprint density at radius 1 is 1.20 bits per heavy atom. The van der Waals surface area contributed by atoms with Crippen molar-refractivity contribution in [3.8, 4) is 0 Å². The van der Waals surface area contributed by atoms with Gasteiger partial charge in [-0.3, -0.25) is 4.40 Å². The van der Waals surface area contributed by atoms with E-state index in [-0.39, 0.29) is 36.0 Å². The number of hydrogen-bond acceptors (Lipinski definition) is 4. The first-order valence-electron chi connectivity index (χ1n) is 8.61. The summed E-state index contributed by atoms with van der Waals surface area (Å²) < 4.78 is 98.8. The lowest BCUT2D eigenvalue weighted by Crippen LogP contribution is -2.52. The SMILES string of the molecule is C=N/C(OC1(C(F)(F)F)CCC1)=C(F)\C=C(/C)c1ccc2nnc(C(F)(F)F)n2c1. The van der Waals surface area contributed by atoms with Gasteiger partial charge in [-0.15, -0.1) is 10.2 Å². The maximum atomic E-state index is 14.6. The molecule has 0 aromatic carbocycles. The third kappa shape index (κ3) is 3.90. The molecule has 0 amide bonds. The molecule has 2 aromatic heterocycles. The number of hydrogen-bond donors (Lipinski definition) is 0. The lowest BCUT2D eigenvalue weighted by Gasteiger charge is -2.42. The fourth-order valence-corrected chi connectivity index (χ4v) is 2.94. The van der Waals surface area contributed by atoms with Crippen molar-refractivity contribution in [2.75, 3.05) is 0 Å². The van der Waals surface area contributed by atoms with E-state index in [4.69, 9.17) is 4.74 Å². The minimum absolute atomic E-state index is 0.0798. The molecule has 30 heavy (non-hydrogen) atoms. The topological polar surface area (TPSA) is 51.8 Å². The zero-order valence-corrected chi connectivity index (χ0v) is 15.5. The van der Waals surface area contributed by atoms with E-state index in [9.17, 15) is 30.7 Å². The van der Waals surface area contributed by atoms with Crippen LogP contribution in [0, 0.1) is 0 Å². The monoisotopic (exact) mass is 436 g/mol. The fourth-order valence-electron chi connectivity index (χ4n) is 2.94. The molecule has 0 spiro atoms. The Hall–Kier alpha value is -2.92. The Morgan fingerprint density at radius 3 is 2.37 bits per heavy atom. The quantitative estimate of drug-likeness (QED) is 0.270. The number of aromatic nitrogens is 3. The van der Waals surface area contributed by atoms with Crippen LogP contribution in [0.1, 0.15) is 37.6 Å². The lowest BCUT2D eigenvalue weighted by molar-refractivity contribution is -0.292. The van der Waals surface area contributed by atoms with Crippen LogP contribution in [0.25, 0.3) is 11.2 Å². The Morgan fingerprint density at radius 2 is 1.87 bits per heavy atom. The van der Waals surface area contributed by atoms with Gasteiger partial charge in [0.2, 0.25) is 11.4 Å². The van der Waals surface area contributed by atoms with E-state index >= 15 is 0 Å². The average Bonchev–Trinajstić information content (AvgIpc) is 3.03. The molecule has 3 rings (SSSR count). The minimum Gasteiger partial charge on any atom is -0.459 e. The van der Waals surface area contributed by atoms with E-state index in [1.807, 2.05) is 0 Å². The van der Waals surface area contributed by atoms with Gasteiger partial charge in [0.1, 0.15) is 0 Å². The second-order valence-electron chi connectivity index (χ2n) is 6.75. The molecule has 0 aliphatic heterocycles. The van der Waals surface area contributed by atoms with Gasteiger partial charge >= 0.3 is 12.4 Å². The molecule has 1 saturated carbocycles. The molecular formula is C18H15F7N4O. The number of ether oxygens (including phenoxy) is 1. The first-order chi connectivity index (χ1) is 13.9. The van der Waals surface area contributed by atoms with E-state index < -0.39 is 35.5 Å². The van der Waals surface area contributed by atoms with E-state index in [0.29, 0.717) is 4.40 Å². The Kier molecular flexibility index (Phi) is 5.37. The van der Waals surface area contributed by atoms with E-state index in [0.717, 1.165) is 12.3 Å². The van der Waals surface area contributed by atoms with Crippen LogP contribution in [-0.2, 0) is 10.9 Å². The number of nitrogens with zero attached hydrogens (tertiary/aromatic N) is 4. The molecule has 2 heterocycles. The van der Waals surface area contributed by atoms with Crippen LogP contribution < -0.4 is 0 Å². The van der Waals surface area contributed by atoms with Gasteiger partial charge in [0, 0.05) is 6.20 Å². The second kappa shape index (κ2) is 7.40. The smallest absolute Gasteiger partial charge is 0.452 e. The molecule has 0 unspecified atom stereocenters. The number of rotatable bonds is 5. The van der Waals surface area contributed by atoms with E-state index in [2.05, 4.69) is 21.9 Å². The summed E-state index contributed by atoms with van der Waals surface area (Å²) >= 11 is 0. The van der Waals surface area contributed by atoms with Gasteiger partial charge in [-0.2, -0.15) is 26.3 Å². The second-order valence-corrected chi connectivity index (χ2v) is 6.75. The highest BCUT2D eigenvalue weighted by molar-refractivity contribution is 5.66. The normalized spacial score (nSPS) is 18.1. The number of alkyl halides is 6. The maximum Gasteiger partial charge on any atom is 0.452 e. The summed E-state index contributed by atoms with van der Waals surface area (Å²) in [5.41, 5.74) is -2.34. The van der Waals surface area contributed by atoms with Crippen LogP contribution in [0.15, 0.2) is 41.1 Å². The van der Waals surface area contributed by atoms with Crippen molar-refractivity contribution in [2.45, 2.75) is 44.1 Å². The van der Waals surface area contributed by atoms with Crippen LogP contribution in [0.5, 0.6) is 0 Å². The predicted molar refractivity (Wildman–Crippen MR) is 93.0 cm³/mol. The molecule has 0 saturated heterocycles. The van der Waals surface area contributed by atoms with Crippen molar-refractivity contribution >= 4 is 17.9 Å². The molecule has 2 aromatic rings. The number of aliphatic imine (C=N–C) groups is 1. The number of halogens is 7. The molecule has 162 valence electrons. The summed E-state index contributed by atoms with van der Waals surface area (Å²) in [6.07, 6.45) is -8.03. The van der Waals surface area contributed by atoms with Gasteiger partial charge in [0.15, 0.2) is 11.5 Å². The largest absolute Gasteiger partial charge is 0.459 e. The summed E-state index contributed by atoms with van der Waals surface area (Å²) in [4.78, 5) is 3.22. The van der Waals surface area contributed by atoms with Crippen molar-refractivity contribution < 1.29 is 35.5 Å². The van der Waals surface area contributed by atoms with Crippen LogP contribution in [0.3, 0.4) is 0 Å². The van der Waals surface area contributed by atoms with Gasteiger partial charge in [-0.05, 0) is 62.2 Å². The average molecular weight is 436 g/mol. The van der Waals surface area contributed by atoms with E-state index in [1.165, 1.54) is 19.1 Å². The molecule has 12 heteroatoms. The maximum absolute atomic E-state index is 14.6. The molecule has 0 N–H and O–H groups in total. The molecule has 5 nitrogen and oxygen atoms in total. The van der Waals surface area contributed by atoms with E-state index in [1.54, 1.807) is 0 Å². The van der Waals surface area contributed by atoms with Crippen molar-refractivity contribution in [3.63, 3.8) is 0 Å². The van der Waals surface area contributed by atoms with Gasteiger partial charge in [-0.25, -0.2) is 9.38 Å². The van der Waals surface area contributed by atoms with Gasteiger partial charge in [-0.1, -0.05) is 0 Å². The highest BCUT2D eigenvalue weighted by Crippen LogP contribution is 2.49. The van der Waals surface area contributed by atoms with Crippen LogP contribution in [0.2, 0.25) is 0 Å². The Labute approximate surface area is 165 Å². The zero-order chi connectivity index (χ0) is 22.3. The van der Waals surface area contributed by atoms with Crippen molar-refractivity contribution in [2.24, 2.45) is 4.99 Å². The van der Waals surface area contributed by atoms with Crippen LogP contribution >= 0.6 is 0 Å². The summed E-state index contributed by atoms with van der Waals surface area (Å²) in [6.45, 7) is 4.41. The summed E-state index contributed by atoms with van der Waals surface area (Å²) in [6, 6.07) is 2.61. The van der Waals surface area contributed by atoms with Crippen LogP contribution in [0.4, 0.5) is 30.7 Å². The molecule has 1 aliphatic carbocycles.